The summed E-state index contributed by atoms with van der Waals surface area (Å²) >= 11 is 6.30. The Balaban J connectivity index is 2.48. The summed E-state index contributed by atoms with van der Waals surface area (Å²) in [4.78, 5) is 0. The van der Waals surface area contributed by atoms with Gasteiger partial charge in [0.2, 0.25) is 0 Å². The van der Waals surface area contributed by atoms with E-state index in [4.69, 9.17) is 11.6 Å². The molecule has 1 heterocycles. The van der Waals surface area contributed by atoms with Crippen molar-refractivity contribution in [1.29, 1.82) is 0 Å². The Morgan fingerprint density at radius 1 is 1.30 bits per heavy atom. The fraction of sp³-hybridized carbons (Fsp3) is 0.400. The van der Waals surface area contributed by atoms with E-state index in [1.54, 1.807) is 18.3 Å². The Bertz CT molecular complexity index is 563. The highest BCUT2D eigenvalue weighted by molar-refractivity contribution is 6.31. The molecular formula is C15H19ClFN3. The normalized spacial score (nSPS) is 12.9. The molecule has 0 saturated carbocycles. The van der Waals surface area contributed by atoms with E-state index in [1.807, 2.05) is 11.6 Å². The van der Waals surface area contributed by atoms with Crippen LogP contribution in [0.5, 0.6) is 0 Å². The van der Waals surface area contributed by atoms with Crippen molar-refractivity contribution in [3.8, 4) is 0 Å². The molecule has 108 valence electrons. The highest BCUT2D eigenvalue weighted by atomic mass is 35.5. The van der Waals surface area contributed by atoms with Gasteiger partial charge in [-0.3, -0.25) is 4.68 Å². The number of nitrogens with one attached hydrogen (secondary N) is 1. The van der Waals surface area contributed by atoms with Gasteiger partial charge in [-0.25, -0.2) is 4.39 Å². The van der Waals surface area contributed by atoms with Gasteiger partial charge in [0.25, 0.3) is 0 Å². The van der Waals surface area contributed by atoms with Crippen molar-refractivity contribution >= 4 is 11.6 Å². The highest BCUT2D eigenvalue weighted by Gasteiger charge is 2.22. The van der Waals surface area contributed by atoms with Crippen LogP contribution in [0.25, 0.3) is 0 Å². The number of rotatable bonds is 5. The summed E-state index contributed by atoms with van der Waals surface area (Å²) in [6.07, 6.45) is 1.66. The minimum atomic E-state index is -0.243. The molecule has 0 aliphatic heterocycles. The first-order valence-electron chi connectivity index (χ1n) is 6.76. The van der Waals surface area contributed by atoms with Crippen molar-refractivity contribution in [2.45, 2.75) is 32.9 Å². The standard InChI is InChI=1S/C15H19ClFN3/c1-4-18-14(11-5-7-12(17)8-6-11)15-13(16)9-19-20(15)10(2)3/h5-10,14,18H,4H2,1-3H3. The molecule has 3 nitrogen and oxygen atoms in total. The zero-order valence-corrected chi connectivity index (χ0v) is 12.7. The molecular weight excluding hydrogens is 277 g/mol. The minimum Gasteiger partial charge on any atom is -0.305 e. The first kappa shape index (κ1) is 15.0. The lowest BCUT2D eigenvalue weighted by Crippen LogP contribution is -2.25. The molecule has 0 amide bonds. The molecule has 5 heteroatoms. The number of nitrogens with zero attached hydrogens (tertiary/aromatic N) is 2. The summed E-state index contributed by atoms with van der Waals surface area (Å²) in [7, 11) is 0. The van der Waals surface area contributed by atoms with E-state index < -0.39 is 0 Å². The van der Waals surface area contributed by atoms with Gasteiger partial charge in [0.05, 0.1) is 23.0 Å². The Hall–Kier alpha value is -1.39. The van der Waals surface area contributed by atoms with Gasteiger partial charge in [-0.2, -0.15) is 5.10 Å². The predicted molar refractivity (Wildman–Crippen MR) is 79.5 cm³/mol. The molecule has 1 atom stereocenters. The van der Waals surface area contributed by atoms with Gasteiger partial charge in [-0.05, 0) is 38.1 Å². The predicted octanol–water partition coefficient (Wildman–Crippen LogP) is 3.96. The van der Waals surface area contributed by atoms with Crippen LogP contribution in [0, 0.1) is 5.82 Å². The number of hydrogen-bond donors (Lipinski definition) is 1. The summed E-state index contributed by atoms with van der Waals surface area (Å²) < 4.78 is 15.0. The molecule has 2 rings (SSSR count). The molecule has 2 aromatic rings. The number of aromatic nitrogens is 2. The molecule has 0 fully saturated rings. The SMILES string of the molecule is CCNC(c1ccc(F)cc1)c1c(Cl)cnn1C(C)C. The van der Waals surface area contributed by atoms with Crippen LogP contribution in [0.2, 0.25) is 5.02 Å². The number of benzene rings is 1. The summed E-state index contributed by atoms with van der Waals surface area (Å²) in [6, 6.07) is 6.58. The average Bonchev–Trinajstić information content (AvgIpc) is 2.79. The first-order valence-corrected chi connectivity index (χ1v) is 7.14. The van der Waals surface area contributed by atoms with Gasteiger partial charge in [0.15, 0.2) is 0 Å². The Labute approximate surface area is 123 Å². The molecule has 1 aromatic heterocycles. The van der Waals surface area contributed by atoms with E-state index in [0.717, 1.165) is 17.8 Å². The van der Waals surface area contributed by atoms with Crippen LogP contribution in [0.1, 0.15) is 44.1 Å². The zero-order chi connectivity index (χ0) is 14.7. The second-order valence-corrected chi connectivity index (χ2v) is 5.37. The largest absolute Gasteiger partial charge is 0.305 e. The van der Waals surface area contributed by atoms with Crippen LogP contribution in [0.4, 0.5) is 4.39 Å². The summed E-state index contributed by atoms with van der Waals surface area (Å²) in [5.74, 6) is -0.243. The van der Waals surface area contributed by atoms with Gasteiger partial charge >= 0.3 is 0 Å². The van der Waals surface area contributed by atoms with Crippen molar-refractivity contribution in [1.82, 2.24) is 15.1 Å². The minimum absolute atomic E-state index is 0.0991. The van der Waals surface area contributed by atoms with Crippen LogP contribution in [-0.2, 0) is 0 Å². The van der Waals surface area contributed by atoms with E-state index in [9.17, 15) is 4.39 Å². The van der Waals surface area contributed by atoms with Crippen molar-refractivity contribution < 1.29 is 4.39 Å². The molecule has 1 N–H and O–H groups in total. The van der Waals surface area contributed by atoms with E-state index in [2.05, 4.69) is 24.3 Å². The number of halogens is 2. The van der Waals surface area contributed by atoms with Crippen molar-refractivity contribution in [2.24, 2.45) is 0 Å². The molecule has 0 spiro atoms. The second kappa shape index (κ2) is 6.37. The van der Waals surface area contributed by atoms with Gasteiger partial charge in [-0.1, -0.05) is 30.7 Å². The van der Waals surface area contributed by atoms with E-state index >= 15 is 0 Å². The van der Waals surface area contributed by atoms with Crippen molar-refractivity contribution in [2.75, 3.05) is 6.54 Å². The van der Waals surface area contributed by atoms with E-state index in [1.165, 1.54) is 12.1 Å². The third kappa shape index (κ3) is 3.02. The molecule has 0 bridgehead atoms. The maximum Gasteiger partial charge on any atom is 0.123 e. The average molecular weight is 296 g/mol. The van der Waals surface area contributed by atoms with Crippen molar-refractivity contribution in [3.05, 3.63) is 52.6 Å². The van der Waals surface area contributed by atoms with E-state index in [0.29, 0.717) is 5.02 Å². The molecule has 0 aliphatic carbocycles. The third-order valence-electron chi connectivity index (χ3n) is 3.16. The maximum absolute atomic E-state index is 13.1. The second-order valence-electron chi connectivity index (χ2n) is 4.96. The Morgan fingerprint density at radius 3 is 2.50 bits per heavy atom. The lowest BCUT2D eigenvalue weighted by Gasteiger charge is -2.22. The van der Waals surface area contributed by atoms with Crippen molar-refractivity contribution in [3.63, 3.8) is 0 Å². The van der Waals surface area contributed by atoms with Gasteiger partial charge in [0, 0.05) is 6.04 Å². The van der Waals surface area contributed by atoms with Gasteiger partial charge < -0.3 is 5.32 Å². The Kier molecular flexibility index (Phi) is 4.78. The lowest BCUT2D eigenvalue weighted by atomic mass is 10.0. The monoisotopic (exact) mass is 295 g/mol. The third-order valence-corrected chi connectivity index (χ3v) is 3.45. The Morgan fingerprint density at radius 2 is 1.95 bits per heavy atom. The fourth-order valence-electron chi connectivity index (χ4n) is 2.26. The fourth-order valence-corrected chi connectivity index (χ4v) is 2.50. The van der Waals surface area contributed by atoms with Gasteiger partial charge in [0.1, 0.15) is 5.82 Å². The molecule has 0 aliphatic rings. The molecule has 0 saturated heterocycles. The first-order chi connectivity index (χ1) is 9.54. The summed E-state index contributed by atoms with van der Waals surface area (Å²) in [5.41, 5.74) is 1.88. The molecule has 20 heavy (non-hydrogen) atoms. The molecule has 0 radical (unpaired) electrons. The maximum atomic E-state index is 13.1. The van der Waals surface area contributed by atoms with Crippen LogP contribution in [0.15, 0.2) is 30.5 Å². The van der Waals surface area contributed by atoms with Crippen LogP contribution < -0.4 is 5.32 Å². The molecule has 1 unspecified atom stereocenters. The van der Waals surface area contributed by atoms with Crippen LogP contribution >= 0.6 is 11.6 Å². The highest BCUT2D eigenvalue weighted by Crippen LogP contribution is 2.30. The zero-order valence-electron chi connectivity index (χ0n) is 11.9. The smallest absolute Gasteiger partial charge is 0.123 e. The number of hydrogen-bond acceptors (Lipinski definition) is 2. The van der Waals surface area contributed by atoms with Crippen LogP contribution in [-0.4, -0.2) is 16.3 Å². The topological polar surface area (TPSA) is 29.9 Å². The van der Waals surface area contributed by atoms with E-state index in [-0.39, 0.29) is 17.9 Å². The summed E-state index contributed by atoms with van der Waals surface area (Å²) in [5, 5.41) is 8.34. The quantitative estimate of drug-likeness (QED) is 0.905. The molecule has 1 aromatic carbocycles. The van der Waals surface area contributed by atoms with Crippen LogP contribution in [0.3, 0.4) is 0 Å². The van der Waals surface area contributed by atoms with Gasteiger partial charge in [-0.15, -0.1) is 0 Å². The lowest BCUT2D eigenvalue weighted by molar-refractivity contribution is 0.476. The summed E-state index contributed by atoms with van der Waals surface area (Å²) in [6.45, 7) is 6.92.